The summed E-state index contributed by atoms with van der Waals surface area (Å²) in [5, 5.41) is 26.2. The van der Waals surface area contributed by atoms with Crippen molar-refractivity contribution in [3.63, 3.8) is 0 Å². The number of benzene rings is 1. The maximum atomic E-state index is 10.7. The van der Waals surface area contributed by atoms with Crippen LogP contribution in [-0.2, 0) is 20.8 Å². The van der Waals surface area contributed by atoms with Crippen LogP contribution in [0.3, 0.4) is 0 Å². The number of hydrogen-bond donors (Lipinski definition) is 3. The zero-order valence-corrected chi connectivity index (χ0v) is 12.1. The molecule has 0 radical (unpaired) electrons. The molecule has 0 saturated heterocycles. The molecule has 0 atom stereocenters. The number of anilines is 1. The van der Waals surface area contributed by atoms with Crippen LogP contribution in [0, 0.1) is 0 Å². The smallest absolute Gasteiger partial charge is 0.307 e. The lowest BCUT2D eigenvalue weighted by Gasteiger charge is -2.24. The number of carbonyl (C=O) groups is 3. The highest BCUT2D eigenvalue weighted by atomic mass is 16.4. The van der Waals surface area contributed by atoms with Crippen molar-refractivity contribution in [2.24, 2.45) is 0 Å². The Morgan fingerprint density at radius 3 is 1.91 bits per heavy atom. The molecule has 1 rings (SSSR count). The van der Waals surface area contributed by atoms with Crippen molar-refractivity contribution < 1.29 is 29.7 Å². The standard InChI is InChI=1S/C15H19NO6/c17-13(18)2-1-8-16(9-7-14(19)20)12-5-3-11(4-6-12)10-15(21)22/h3-6H,1-2,7-10H2,(H,17,18)(H,19,20)(H,21,22). The van der Waals surface area contributed by atoms with Gasteiger partial charge in [-0.1, -0.05) is 12.1 Å². The largest absolute Gasteiger partial charge is 0.481 e. The third kappa shape index (κ3) is 6.74. The second-order valence-corrected chi connectivity index (χ2v) is 4.87. The predicted octanol–water partition coefficient (Wildman–Crippen LogP) is 1.46. The van der Waals surface area contributed by atoms with Crippen molar-refractivity contribution in [3.05, 3.63) is 29.8 Å². The molecule has 0 saturated carbocycles. The van der Waals surface area contributed by atoms with Gasteiger partial charge in [0.2, 0.25) is 0 Å². The lowest BCUT2D eigenvalue weighted by molar-refractivity contribution is -0.138. The second-order valence-electron chi connectivity index (χ2n) is 4.87. The minimum Gasteiger partial charge on any atom is -0.481 e. The molecule has 7 heteroatoms. The van der Waals surface area contributed by atoms with Crippen molar-refractivity contribution in [2.45, 2.75) is 25.7 Å². The summed E-state index contributed by atoms with van der Waals surface area (Å²) in [6.07, 6.45) is 0.296. The van der Waals surface area contributed by atoms with Crippen molar-refractivity contribution in [3.8, 4) is 0 Å². The average molecular weight is 309 g/mol. The minimum atomic E-state index is -0.925. The monoisotopic (exact) mass is 309 g/mol. The maximum Gasteiger partial charge on any atom is 0.307 e. The van der Waals surface area contributed by atoms with Gasteiger partial charge in [0.05, 0.1) is 12.8 Å². The first-order chi connectivity index (χ1) is 10.4. The first-order valence-electron chi connectivity index (χ1n) is 6.87. The van der Waals surface area contributed by atoms with Crippen LogP contribution in [0.4, 0.5) is 5.69 Å². The zero-order valence-electron chi connectivity index (χ0n) is 12.1. The third-order valence-electron chi connectivity index (χ3n) is 3.07. The summed E-state index contributed by atoms with van der Waals surface area (Å²) >= 11 is 0. The van der Waals surface area contributed by atoms with Crippen LogP contribution in [0.1, 0.15) is 24.8 Å². The molecule has 0 aliphatic heterocycles. The summed E-state index contributed by atoms with van der Waals surface area (Å²) in [6, 6.07) is 6.80. The van der Waals surface area contributed by atoms with Gasteiger partial charge in [-0.2, -0.15) is 0 Å². The van der Waals surface area contributed by atoms with Gasteiger partial charge in [-0.05, 0) is 24.1 Å². The molecule has 7 nitrogen and oxygen atoms in total. The Morgan fingerprint density at radius 2 is 1.41 bits per heavy atom. The lowest BCUT2D eigenvalue weighted by atomic mass is 10.1. The van der Waals surface area contributed by atoms with Gasteiger partial charge in [-0.3, -0.25) is 14.4 Å². The van der Waals surface area contributed by atoms with E-state index in [0.29, 0.717) is 18.5 Å². The van der Waals surface area contributed by atoms with Crippen LogP contribution >= 0.6 is 0 Å². The van der Waals surface area contributed by atoms with E-state index >= 15 is 0 Å². The molecule has 3 N–H and O–H groups in total. The van der Waals surface area contributed by atoms with E-state index in [1.165, 1.54) is 0 Å². The van der Waals surface area contributed by atoms with E-state index in [0.717, 1.165) is 5.69 Å². The maximum absolute atomic E-state index is 10.7. The zero-order chi connectivity index (χ0) is 16.5. The van der Waals surface area contributed by atoms with Crippen LogP contribution in [0.25, 0.3) is 0 Å². The van der Waals surface area contributed by atoms with Gasteiger partial charge in [0.25, 0.3) is 0 Å². The highest BCUT2D eigenvalue weighted by Gasteiger charge is 2.10. The number of carboxylic acid groups (broad SMARTS) is 3. The number of carboxylic acids is 3. The fourth-order valence-electron chi connectivity index (χ4n) is 2.02. The van der Waals surface area contributed by atoms with Crippen LogP contribution in [0.15, 0.2) is 24.3 Å². The fraction of sp³-hybridized carbons (Fsp3) is 0.400. The van der Waals surface area contributed by atoms with Gasteiger partial charge < -0.3 is 20.2 Å². The first kappa shape index (κ1) is 17.5. The van der Waals surface area contributed by atoms with E-state index in [1.54, 1.807) is 29.2 Å². The number of aliphatic carboxylic acids is 3. The first-order valence-corrected chi connectivity index (χ1v) is 6.87. The molecular formula is C15H19NO6. The molecular weight excluding hydrogens is 290 g/mol. The average Bonchev–Trinajstić information content (AvgIpc) is 2.42. The predicted molar refractivity (Wildman–Crippen MR) is 79.1 cm³/mol. The van der Waals surface area contributed by atoms with Gasteiger partial charge >= 0.3 is 17.9 Å². The second kappa shape index (κ2) is 8.66. The number of hydrogen-bond acceptors (Lipinski definition) is 4. The molecule has 1 aromatic carbocycles. The molecule has 0 amide bonds. The number of rotatable bonds is 10. The van der Waals surface area contributed by atoms with E-state index in [1.807, 2.05) is 0 Å². The van der Waals surface area contributed by atoms with Crippen LogP contribution in [0.2, 0.25) is 0 Å². The Labute approximate surface area is 127 Å². The van der Waals surface area contributed by atoms with Gasteiger partial charge in [-0.25, -0.2) is 0 Å². The van der Waals surface area contributed by atoms with E-state index in [2.05, 4.69) is 0 Å². The van der Waals surface area contributed by atoms with Gasteiger partial charge in [0.1, 0.15) is 0 Å². The molecule has 120 valence electrons. The molecule has 0 fully saturated rings. The van der Waals surface area contributed by atoms with Crippen LogP contribution in [-0.4, -0.2) is 46.3 Å². The van der Waals surface area contributed by atoms with Crippen LogP contribution < -0.4 is 4.90 Å². The highest BCUT2D eigenvalue weighted by molar-refractivity contribution is 5.70. The topological polar surface area (TPSA) is 115 Å². The molecule has 0 aliphatic rings. The Hall–Kier alpha value is -2.57. The lowest BCUT2D eigenvalue weighted by Crippen LogP contribution is -2.27. The summed E-state index contributed by atoms with van der Waals surface area (Å²) in [5.74, 6) is -2.74. The van der Waals surface area contributed by atoms with E-state index in [9.17, 15) is 14.4 Å². The molecule has 22 heavy (non-hydrogen) atoms. The fourth-order valence-corrected chi connectivity index (χ4v) is 2.02. The molecule has 1 aromatic rings. The highest BCUT2D eigenvalue weighted by Crippen LogP contribution is 2.17. The van der Waals surface area contributed by atoms with Gasteiger partial charge in [0.15, 0.2) is 0 Å². The Bertz CT molecular complexity index is 525. The van der Waals surface area contributed by atoms with E-state index in [4.69, 9.17) is 15.3 Å². The Balaban J connectivity index is 2.73. The summed E-state index contributed by atoms with van der Waals surface area (Å²) in [4.78, 5) is 33.7. The molecule has 0 bridgehead atoms. The quantitative estimate of drug-likeness (QED) is 0.599. The molecule has 0 aromatic heterocycles. The van der Waals surface area contributed by atoms with Crippen molar-refractivity contribution in [2.75, 3.05) is 18.0 Å². The van der Waals surface area contributed by atoms with Crippen LogP contribution in [0.5, 0.6) is 0 Å². The normalized spacial score (nSPS) is 10.2. The Kier molecular flexibility index (Phi) is 6.88. The third-order valence-corrected chi connectivity index (χ3v) is 3.07. The van der Waals surface area contributed by atoms with Crippen molar-refractivity contribution in [1.82, 2.24) is 0 Å². The van der Waals surface area contributed by atoms with E-state index in [-0.39, 0.29) is 25.8 Å². The molecule has 0 heterocycles. The molecule has 0 spiro atoms. The van der Waals surface area contributed by atoms with Gasteiger partial charge in [-0.15, -0.1) is 0 Å². The molecule has 0 aliphatic carbocycles. The van der Waals surface area contributed by atoms with E-state index < -0.39 is 17.9 Å². The Morgan fingerprint density at radius 1 is 0.818 bits per heavy atom. The summed E-state index contributed by atoms with van der Waals surface area (Å²) in [7, 11) is 0. The SMILES string of the molecule is O=C(O)CCCN(CCC(=O)O)c1ccc(CC(=O)O)cc1. The summed E-state index contributed by atoms with van der Waals surface area (Å²) in [5.41, 5.74) is 1.40. The van der Waals surface area contributed by atoms with Crippen molar-refractivity contribution in [1.29, 1.82) is 0 Å². The molecule has 0 unspecified atom stereocenters. The summed E-state index contributed by atoms with van der Waals surface area (Å²) in [6.45, 7) is 0.699. The summed E-state index contributed by atoms with van der Waals surface area (Å²) < 4.78 is 0. The van der Waals surface area contributed by atoms with Crippen molar-refractivity contribution >= 4 is 23.6 Å². The van der Waals surface area contributed by atoms with Gasteiger partial charge in [0, 0.05) is 25.2 Å². The number of nitrogens with zero attached hydrogens (tertiary/aromatic N) is 1. The minimum absolute atomic E-state index is 0.0146.